The number of fused-ring (bicyclic) bond motifs is 1. The standard InChI is InChI=1S/C20H24N6O2/c1-14(2)13-26-19(28)16-8-4-3-7-15(16)17(25-26)18(27)21-9-5-10-22-20-23-11-6-12-24-20/h3-4,6-8,11-12,14H,5,9-10,13H2,1-2H3,(H,21,27)(H,22,23,24). The predicted octanol–water partition coefficient (Wildman–Crippen LogP) is 2.07. The molecule has 0 saturated heterocycles. The number of amides is 1. The van der Waals surface area contributed by atoms with Gasteiger partial charge in [0.25, 0.3) is 11.5 Å². The summed E-state index contributed by atoms with van der Waals surface area (Å²) >= 11 is 0. The molecule has 0 unspecified atom stereocenters. The summed E-state index contributed by atoms with van der Waals surface area (Å²) < 4.78 is 1.39. The van der Waals surface area contributed by atoms with Gasteiger partial charge in [-0.1, -0.05) is 32.0 Å². The molecule has 8 heteroatoms. The molecule has 2 aromatic heterocycles. The minimum absolute atomic E-state index is 0.173. The van der Waals surface area contributed by atoms with Crippen LogP contribution in [0.15, 0.2) is 47.5 Å². The fourth-order valence-corrected chi connectivity index (χ4v) is 2.84. The monoisotopic (exact) mass is 380 g/mol. The molecular formula is C20H24N6O2. The van der Waals surface area contributed by atoms with Crippen LogP contribution in [-0.4, -0.2) is 38.7 Å². The maximum absolute atomic E-state index is 12.7. The lowest BCUT2D eigenvalue weighted by atomic mass is 10.1. The topological polar surface area (TPSA) is 102 Å². The van der Waals surface area contributed by atoms with Crippen molar-refractivity contribution in [2.45, 2.75) is 26.8 Å². The number of hydrogen-bond acceptors (Lipinski definition) is 6. The Bertz CT molecular complexity index is 1000. The quantitative estimate of drug-likeness (QED) is 0.580. The predicted molar refractivity (Wildman–Crippen MR) is 108 cm³/mol. The smallest absolute Gasteiger partial charge is 0.274 e. The van der Waals surface area contributed by atoms with Crippen molar-refractivity contribution in [3.05, 3.63) is 58.8 Å². The first-order chi connectivity index (χ1) is 13.6. The van der Waals surface area contributed by atoms with Crippen LogP contribution >= 0.6 is 0 Å². The molecule has 0 spiro atoms. The molecule has 8 nitrogen and oxygen atoms in total. The Kier molecular flexibility index (Phi) is 6.31. The third-order valence-electron chi connectivity index (χ3n) is 4.11. The minimum atomic E-state index is -0.287. The molecule has 0 radical (unpaired) electrons. The highest BCUT2D eigenvalue weighted by molar-refractivity contribution is 6.04. The normalized spacial score (nSPS) is 11.0. The molecule has 1 amide bonds. The van der Waals surface area contributed by atoms with Crippen molar-refractivity contribution in [1.29, 1.82) is 0 Å². The van der Waals surface area contributed by atoms with E-state index in [1.807, 2.05) is 13.8 Å². The molecular weight excluding hydrogens is 356 g/mol. The lowest BCUT2D eigenvalue weighted by Crippen LogP contribution is -2.32. The van der Waals surface area contributed by atoms with Crippen LogP contribution in [0.5, 0.6) is 0 Å². The fourth-order valence-electron chi connectivity index (χ4n) is 2.84. The molecule has 146 valence electrons. The number of anilines is 1. The highest BCUT2D eigenvalue weighted by Crippen LogP contribution is 2.13. The van der Waals surface area contributed by atoms with E-state index in [1.54, 1.807) is 42.7 Å². The number of aromatic nitrogens is 4. The number of nitrogens with zero attached hydrogens (tertiary/aromatic N) is 4. The number of nitrogens with one attached hydrogen (secondary N) is 2. The number of hydrogen-bond donors (Lipinski definition) is 2. The van der Waals surface area contributed by atoms with Crippen molar-refractivity contribution < 1.29 is 4.79 Å². The van der Waals surface area contributed by atoms with Crippen LogP contribution in [0.3, 0.4) is 0 Å². The van der Waals surface area contributed by atoms with Gasteiger partial charge in [-0.25, -0.2) is 14.6 Å². The molecule has 2 heterocycles. The largest absolute Gasteiger partial charge is 0.354 e. The average molecular weight is 380 g/mol. The summed E-state index contributed by atoms with van der Waals surface area (Å²) in [5.41, 5.74) is 0.100. The SMILES string of the molecule is CC(C)Cn1nc(C(=O)NCCCNc2ncccn2)c2ccccc2c1=O. The van der Waals surface area contributed by atoms with Gasteiger partial charge >= 0.3 is 0 Å². The van der Waals surface area contributed by atoms with Crippen LogP contribution in [0.25, 0.3) is 10.8 Å². The molecule has 0 aliphatic heterocycles. The first kappa shape index (κ1) is 19.5. The van der Waals surface area contributed by atoms with Crippen molar-refractivity contribution in [3.8, 4) is 0 Å². The first-order valence-corrected chi connectivity index (χ1v) is 9.35. The highest BCUT2D eigenvalue weighted by Gasteiger charge is 2.16. The van der Waals surface area contributed by atoms with Crippen molar-refractivity contribution in [3.63, 3.8) is 0 Å². The average Bonchev–Trinajstić information content (AvgIpc) is 2.70. The zero-order valence-corrected chi connectivity index (χ0v) is 16.1. The van der Waals surface area contributed by atoms with Gasteiger partial charge in [-0.3, -0.25) is 9.59 Å². The molecule has 0 saturated carbocycles. The number of rotatable bonds is 8. The van der Waals surface area contributed by atoms with Gasteiger partial charge in [0.15, 0.2) is 5.69 Å². The molecule has 0 aliphatic carbocycles. The van der Waals surface area contributed by atoms with Gasteiger partial charge < -0.3 is 10.6 Å². The lowest BCUT2D eigenvalue weighted by molar-refractivity contribution is 0.0947. The Labute approximate surface area is 163 Å². The number of benzene rings is 1. The van der Waals surface area contributed by atoms with E-state index < -0.39 is 0 Å². The summed E-state index contributed by atoms with van der Waals surface area (Å²) in [6.07, 6.45) is 4.04. The van der Waals surface area contributed by atoms with E-state index in [1.165, 1.54) is 4.68 Å². The van der Waals surface area contributed by atoms with Crippen molar-refractivity contribution in [2.24, 2.45) is 5.92 Å². The fraction of sp³-hybridized carbons (Fsp3) is 0.350. The van der Waals surface area contributed by atoms with E-state index in [2.05, 4.69) is 25.7 Å². The van der Waals surface area contributed by atoms with Gasteiger partial charge in [-0.2, -0.15) is 5.10 Å². The molecule has 0 atom stereocenters. The zero-order chi connectivity index (χ0) is 19.9. The van der Waals surface area contributed by atoms with E-state index in [0.29, 0.717) is 42.8 Å². The number of carbonyl (C=O) groups is 1. The lowest BCUT2D eigenvalue weighted by Gasteiger charge is -2.12. The third-order valence-corrected chi connectivity index (χ3v) is 4.11. The molecule has 2 N–H and O–H groups in total. The Morgan fingerprint density at radius 1 is 1.07 bits per heavy atom. The van der Waals surface area contributed by atoms with Crippen LogP contribution in [0.4, 0.5) is 5.95 Å². The summed E-state index contributed by atoms with van der Waals surface area (Å²) in [6.45, 7) is 5.58. The molecule has 3 rings (SSSR count). The summed E-state index contributed by atoms with van der Waals surface area (Å²) in [6, 6.07) is 8.84. The van der Waals surface area contributed by atoms with E-state index in [4.69, 9.17) is 0 Å². The maximum atomic E-state index is 12.7. The third kappa shape index (κ3) is 4.70. The first-order valence-electron chi connectivity index (χ1n) is 9.35. The second-order valence-electron chi connectivity index (χ2n) is 6.88. The van der Waals surface area contributed by atoms with Crippen LogP contribution < -0.4 is 16.2 Å². The van der Waals surface area contributed by atoms with Crippen LogP contribution in [0, 0.1) is 5.92 Å². The maximum Gasteiger partial charge on any atom is 0.274 e. The van der Waals surface area contributed by atoms with Crippen LogP contribution in [0.2, 0.25) is 0 Å². The van der Waals surface area contributed by atoms with Gasteiger partial charge in [-0.05, 0) is 24.5 Å². The van der Waals surface area contributed by atoms with E-state index in [-0.39, 0.29) is 23.1 Å². The van der Waals surface area contributed by atoms with Crippen molar-refractivity contribution in [2.75, 3.05) is 18.4 Å². The van der Waals surface area contributed by atoms with Gasteiger partial charge in [-0.15, -0.1) is 0 Å². The second kappa shape index (κ2) is 9.07. The van der Waals surface area contributed by atoms with E-state index >= 15 is 0 Å². The Hall–Kier alpha value is -3.29. The second-order valence-corrected chi connectivity index (χ2v) is 6.88. The molecule has 0 bridgehead atoms. The van der Waals surface area contributed by atoms with Crippen LogP contribution in [-0.2, 0) is 6.54 Å². The van der Waals surface area contributed by atoms with E-state index in [0.717, 1.165) is 0 Å². The molecule has 0 aliphatic rings. The van der Waals surface area contributed by atoms with Crippen molar-refractivity contribution in [1.82, 2.24) is 25.1 Å². The van der Waals surface area contributed by atoms with E-state index in [9.17, 15) is 9.59 Å². The Morgan fingerprint density at radius 2 is 1.79 bits per heavy atom. The summed E-state index contributed by atoms with van der Waals surface area (Å²) in [4.78, 5) is 33.5. The van der Waals surface area contributed by atoms with Crippen LogP contribution in [0.1, 0.15) is 30.8 Å². The molecule has 28 heavy (non-hydrogen) atoms. The van der Waals surface area contributed by atoms with Gasteiger partial charge in [0.05, 0.1) is 5.39 Å². The van der Waals surface area contributed by atoms with Gasteiger partial charge in [0.2, 0.25) is 5.95 Å². The summed E-state index contributed by atoms with van der Waals surface area (Å²) in [7, 11) is 0. The van der Waals surface area contributed by atoms with Gasteiger partial charge in [0.1, 0.15) is 0 Å². The highest BCUT2D eigenvalue weighted by atomic mass is 16.2. The zero-order valence-electron chi connectivity index (χ0n) is 16.1. The Balaban J connectivity index is 1.68. The molecule has 1 aromatic carbocycles. The molecule has 3 aromatic rings. The van der Waals surface area contributed by atoms with Gasteiger partial charge in [0, 0.05) is 37.4 Å². The summed E-state index contributed by atoms with van der Waals surface area (Å²) in [5.74, 6) is 0.514. The summed E-state index contributed by atoms with van der Waals surface area (Å²) in [5, 5.41) is 11.4. The van der Waals surface area contributed by atoms with Crippen molar-refractivity contribution >= 4 is 22.6 Å². The number of carbonyl (C=O) groups excluding carboxylic acids is 1. The minimum Gasteiger partial charge on any atom is -0.354 e. The Morgan fingerprint density at radius 3 is 2.50 bits per heavy atom. The molecule has 0 fully saturated rings.